The molecule has 3 unspecified atom stereocenters. The van der Waals surface area contributed by atoms with Crippen molar-refractivity contribution in [2.75, 3.05) is 6.61 Å². The number of carbonyl (C=O) groups excluding carboxylic acids is 2. The standard InChI is InChI=1S/C48H81NO5/c1-4-7-10-13-16-19-21-22-23-24-26-29-32-35-38-41-48(53)54-44(39-36-33-30-28-25-20-17-14-11-8-5-2)42-47(52)49-45(43-50)46(51)40-37-34-31-27-18-15-12-9-6-3/h7-8,10-11,13-14,16-17,19-21,25,28,30,44-46,50-51H,4-6,9,12,15,18,22-24,26-27,29,31-43H2,1-3H3,(H,49,52)/b10-7+,11-8+,16-13+,17-14+,21-19+,25-20-,30-28-. The molecule has 0 spiro atoms. The number of aliphatic hydroxyl groups excluding tert-OH is 2. The summed E-state index contributed by atoms with van der Waals surface area (Å²) < 4.78 is 5.85. The van der Waals surface area contributed by atoms with E-state index in [2.05, 4.69) is 74.7 Å². The van der Waals surface area contributed by atoms with Crippen molar-refractivity contribution in [2.24, 2.45) is 0 Å². The molecule has 0 bridgehead atoms. The quantitative estimate of drug-likeness (QED) is 0.0334. The maximum absolute atomic E-state index is 13.1. The zero-order chi connectivity index (χ0) is 39.6. The summed E-state index contributed by atoms with van der Waals surface area (Å²) in [6, 6.07) is -0.726. The van der Waals surface area contributed by atoms with E-state index in [0.717, 1.165) is 70.6 Å². The van der Waals surface area contributed by atoms with Gasteiger partial charge >= 0.3 is 5.97 Å². The Bertz CT molecular complexity index is 1070. The van der Waals surface area contributed by atoms with Gasteiger partial charge in [0, 0.05) is 6.42 Å². The minimum atomic E-state index is -0.808. The number of rotatable bonds is 37. The summed E-state index contributed by atoms with van der Waals surface area (Å²) in [6.07, 6.45) is 52.2. The third kappa shape index (κ3) is 36.0. The van der Waals surface area contributed by atoms with Crippen molar-refractivity contribution in [2.45, 2.75) is 200 Å². The van der Waals surface area contributed by atoms with Crippen LogP contribution in [0.15, 0.2) is 85.1 Å². The van der Waals surface area contributed by atoms with E-state index in [1.807, 2.05) is 36.5 Å². The lowest BCUT2D eigenvalue weighted by atomic mass is 10.0. The molecule has 0 radical (unpaired) electrons. The van der Waals surface area contributed by atoms with Crippen LogP contribution < -0.4 is 5.32 Å². The van der Waals surface area contributed by atoms with Gasteiger partial charge in [0.1, 0.15) is 6.10 Å². The van der Waals surface area contributed by atoms with Gasteiger partial charge in [0.2, 0.25) is 5.91 Å². The Kier molecular flexibility index (Phi) is 38.9. The molecule has 0 aromatic heterocycles. The molecule has 0 rings (SSSR count). The van der Waals surface area contributed by atoms with Gasteiger partial charge in [-0.05, 0) is 57.8 Å². The van der Waals surface area contributed by atoms with Gasteiger partial charge in [-0.1, -0.05) is 196 Å². The highest BCUT2D eigenvalue weighted by molar-refractivity contribution is 5.77. The van der Waals surface area contributed by atoms with Crippen LogP contribution in [0.3, 0.4) is 0 Å². The highest BCUT2D eigenvalue weighted by atomic mass is 16.5. The van der Waals surface area contributed by atoms with Crippen LogP contribution in [0.4, 0.5) is 0 Å². The minimum Gasteiger partial charge on any atom is -0.462 e. The second kappa shape index (κ2) is 41.2. The Hall–Kier alpha value is -2.96. The van der Waals surface area contributed by atoms with Crippen molar-refractivity contribution < 1.29 is 24.5 Å². The summed E-state index contributed by atoms with van der Waals surface area (Å²) >= 11 is 0. The summed E-state index contributed by atoms with van der Waals surface area (Å²) in [5.74, 6) is -0.568. The third-order valence-electron chi connectivity index (χ3n) is 9.38. The van der Waals surface area contributed by atoms with E-state index in [4.69, 9.17) is 4.74 Å². The monoisotopic (exact) mass is 752 g/mol. The van der Waals surface area contributed by atoms with Gasteiger partial charge in [0.05, 0.1) is 25.2 Å². The Morgan fingerprint density at radius 3 is 1.56 bits per heavy atom. The summed E-state index contributed by atoms with van der Waals surface area (Å²) in [6.45, 7) is 6.14. The first-order chi connectivity index (χ1) is 26.5. The molecule has 1 amide bonds. The van der Waals surface area contributed by atoms with Crippen LogP contribution in [0.2, 0.25) is 0 Å². The van der Waals surface area contributed by atoms with Gasteiger partial charge in [-0.3, -0.25) is 9.59 Å². The normalized spacial score (nSPS) is 14.2. The Balaban J connectivity index is 4.70. The number of esters is 1. The molecular formula is C48H81NO5. The van der Waals surface area contributed by atoms with Gasteiger partial charge in [-0.15, -0.1) is 0 Å². The van der Waals surface area contributed by atoms with Gasteiger partial charge in [0.25, 0.3) is 0 Å². The summed E-state index contributed by atoms with van der Waals surface area (Å²) in [4.78, 5) is 25.9. The predicted molar refractivity (Wildman–Crippen MR) is 231 cm³/mol. The first kappa shape index (κ1) is 51.0. The van der Waals surface area contributed by atoms with Crippen molar-refractivity contribution in [3.8, 4) is 0 Å². The summed E-state index contributed by atoms with van der Waals surface area (Å²) in [7, 11) is 0. The van der Waals surface area contributed by atoms with Crippen molar-refractivity contribution in [1.29, 1.82) is 0 Å². The SMILES string of the molecule is CC/C=C/C=C/C=C\C=C/CCCC(CC(=O)NC(CO)C(O)CCCCCCCCCCC)OC(=O)CCCCCCCCC/C=C/C=C/C=C/CC. The Morgan fingerprint density at radius 1 is 0.556 bits per heavy atom. The van der Waals surface area contributed by atoms with Crippen LogP contribution in [0, 0.1) is 0 Å². The largest absolute Gasteiger partial charge is 0.462 e. The average Bonchev–Trinajstić information content (AvgIpc) is 3.16. The average molecular weight is 752 g/mol. The molecule has 0 heterocycles. The third-order valence-corrected chi connectivity index (χ3v) is 9.38. The number of unbranched alkanes of at least 4 members (excludes halogenated alkanes) is 16. The number of nitrogens with one attached hydrogen (secondary N) is 1. The van der Waals surface area contributed by atoms with Gasteiger partial charge in [-0.2, -0.15) is 0 Å². The molecule has 6 nitrogen and oxygen atoms in total. The van der Waals surface area contributed by atoms with Crippen molar-refractivity contribution in [3.05, 3.63) is 85.1 Å². The summed E-state index contributed by atoms with van der Waals surface area (Å²) in [5.41, 5.74) is 0. The second-order valence-electron chi connectivity index (χ2n) is 14.5. The number of hydrogen-bond acceptors (Lipinski definition) is 5. The smallest absolute Gasteiger partial charge is 0.306 e. The van der Waals surface area contributed by atoms with Crippen LogP contribution in [0.25, 0.3) is 0 Å². The maximum Gasteiger partial charge on any atom is 0.306 e. The molecule has 0 aromatic rings. The highest BCUT2D eigenvalue weighted by Crippen LogP contribution is 2.16. The Labute approximate surface area is 332 Å². The van der Waals surface area contributed by atoms with Crippen LogP contribution in [-0.4, -0.2) is 46.9 Å². The fourth-order valence-electron chi connectivity index (χ4n) is 6.09. The van der Waals surface area contributed by atoms with E-state index < -0.39 is 18.2 Å². The molecular weight excluding hydrogens is 671 g/mol. The van der Waals surface area contributed by atoms with E-state index in [0.29, 0.717) is 19.3 Å². The topological polar surface area (TPSA) is 95.9 Å². The van der Waals surface area contributed by atoms with Crippen LogP contribution >= 0.6 is 0 Å². The number of aliphatic hydroxyl groups is 2. The first-order valence-corrected chi connectivity index (χ1v) is 21.9. The van der Waals surface area contributed by atoms with E-state index in [9.17, 15) is 19.8 Å². The molecule has 0 saturated carbocycles. The second-order valence-corrected chi connectivity index (χ2v) is 14.5. The van der Waals surface area contributed by atoms with Crippen LogP contribution in [-0.2, 0) is 14.3 Å². The van der Waals surface area contributed by atoms with Gasteiger partial charge in [-0.25, -0.2) is 0 Å². The fourth-order valence-corrected chi connectivity index (χ4v) is 6.09. The zero-order valence-electron chi connectivity index (χ0n) is 34.8. The molecule has 308 valence electrons. The maximum atomic E-state index is 13.1. The number of amides is 1. The molecule has 3 N–H and O–H groups in total. The predicted octanol–water partition coefficient (Wildman–Crippen LogP) is 12.4. The molecule has 0 aromatic carbocycles. The zero-order valence-corrected chi connectivity index (χ0v) is 34.8. The van der Waals surface area contributed by atoms with Crippen molar-refractivity contribution in [3.63, 3.8) is 0 Å². The molecule has 6 heteroatoms. The van der Waals surface area contributed by atoms with E-state index in [1.165, 1.54) is 64.2 Å². The molecule has 0 saturated heterocycles. The number of hydrogen-bond donors (Lipinski definition) is 3. The molecule has 54 heavy (non-hydrogen) atoms. The Morgan fingerprint density at radius 2 is 1.02 bits per heavy atom. The van der Waals surface area contributed by atoms with Crippen LogP contribution in [0.1, 0.15) is 181 Å². The van der Waals surface area contributed by atoms with E-state index in [1.54, 1.807) is 0 Å². The first-order valence-electron chi connectivity index (χ1n) is 21.9. The van der Waals surface area contributed by atoms with E-state index >= 15 is 0 Å². The van der Waals surface area contributed by atoms with E-state index in [-0.39, 0.29) is 24.9 Å². The van der Waals surface area contributed by atoms with Crippen molar-refractivity contribution >= 4 is 11.9 Å². The number of carbonyl (C=O) groups is 2. The lowest BCUT2D eigenvalue weighted by Crippen LogP contribution is -2.46. The lowest BCUT2D eigenvalue weighted by molar-refractivity contribution is -0.151. The van der Waals surface area contributed by atoms with Crippen LogP contribution in [0.5, 0.6) is 0 Å². The molecule has 3 atom stereocenters. The highest BCUT2D eigenvalue weighted by Gasteiger charge is 2.23. The number of allylic oxidation sites excluding steroid dienone is 14. The minimum absolute atomic E-state index is 0.0219. The summed E-state index contributed by atoms with van der Waals surface area (Å²) in [5, 5.41) is 23.5. The van der Waals surface area contributed by atoms with Crippen molar-refractivity contribution in [1.82, 2.24) is 5.32 Å². The lowest BCUT2D eigenvalue weighted by Gasteiger charge is -2.24. The molecule has 0 aliphatic heterocycles. The molecule has 0 aliphatic rings. The van der Waals surface area contributed by atoms with Gasteiger partial charge in [0.15, 0.2) is 0 Å². The van der Waals surface area contributed by atoms with Gasteiger partial charge < -0.3 is 20.3 Å². The fraction of sp³-hybridized carbons (Fsp3) is 0.667. The molecule has 0 fully saturated rings. The molecule has 0 aliphatic carbocycles. The number of ether oxygens (including phenoxy) is 1.